The summed E-state index contributed by atoms with van der Waals surface area (Å²) >= 11 is 1.59. The lowest BCUT2D eigenvalue weighted by molar-refractivity contribution is -0.134. The first kappa shape index (κ1) is 20.4. The summed E-state index contributed by atoms with van der Waals surface area (Å²) in [5, 5.41) is 6.63. The number of hydrogen-bond acceptors (Lipinski definition) is 5. The number of carbonyl (C=O) groups excluding carboxylic acids is 2. The highest BCUT2D eigenvalue weighted by atomic mass is 32.1. The Labute approximate surface area is 179 Å². The van der Waals surface area contributed by atoms with E-state index in [0.717, 1.165) is 30.5 Å². The molecule has 0 radical (unpaired) electrons. The van der Waals surface area contributed by atoms with Crippen molar-refractivity contribution >= 4 is 23.2 Å². The van der Waals surface area contributed by atoms with E-state index in [1.807, 2.05) is 52.4 Å². The van der Waals surface area contributed by atoms with E-state index >= 15 is 0 Å². The molecule has 0 saturated carbocycles. The molecule has 3 aromatic heterocycles. The molecule has 3 aromatic rings. The van der Waals surface area contributed by atoms with Crippen molar-refractivity contribution in [2.45, 2.75) is 38.6 Å². The summed E-state index contributed by atoms with van der Waals surface area (Å²) in [4.78, 5) is 31.9. The van der Waals surface area contributed by atoms with Crippen LogP contribution in [0.15, 0.2) is 33.4 Å². The molecule has 1 aliphatic rings. The highest BCUT2D eigenvalue weighted by Gasteiger charge is 2.31. The van der Waals surface area contributed by atoms with Crippen molar-refractivity contribution in [3.8, 4) is 11.5 Å². The number of nitrogens with one attached hydrogen (secondary N) is 1. The average molecular weight is 427 g/mol. The molecule has 0 aromatic carbocycles. The van der Waals surface area contributed by atoms with Crippen molar-refractivity contribution in [2.75, 3.05) is 13.6 Å². The Morgan fingerprint density at radius 2 is 2.13 bits per heavy atom. The zero-order chi connectivity index (χ0) is 21.3. The van der Waals surface area contributed by atoms with Gasteiger partial charge < -0.3 is 19.2 Å². The third-order valence-corrected chi connectivity index (χ3v) is 6.45. The Morgan fingerprint density at radius 3 is 2.87 bits per heavy atom. The molecule has 8 heteroatoms. The zero-order valence-corrected chi connectivity index (χ0v) is 18.3. The number of thiophene rings is 1. The van der Waals surface area contributed by atoms with Gasteiger partial charge in [0, 0.05) is 37.3 Å². The van der Waals surface area contributed by atoms with Crippen LogP contribution in [0.3, 0.4) is 0 Å². The van der Waals surface area contributed by atoms with Gasteiger partial charge in [-0.2, -0.15) is 11.3 Å². The Morgan fingerprint density at radius 1 is 1.30 bits per heavy atom. The van der Waals surface area contributed by atoms with Crippen molar-refractivity contribution in [2.24, 2.45) is 7.05 Å². The molecule has 1 N–H and O–H groups in total. The van der Waals surface area contributed by atoms with Crippen molar-refractivity contribution in [1.82, 2.24) is 19.8 Å². The minimum atomic E-state index is -0.128. The topological polar surface area (TPSA) is 80.4 Å². The summed E-state index contributed by atoms with van der Waals surface area (Å²) < 4.78 is 7.69. The lowest BCUT2D eigenvalue weighted by atomic mass is 9.98. The second-order valence-corrected chi connectivity index (χ2v) is 8.37. The number of piperidine rings is 1. The third-order valence-electron chi connectivity index (χ3n) is 5.76. The van der Waals surface area contributed by atoms with Gasteiger partial charge in [0.05, 0.1) is 18.2 Å². The molecule has 1 saturated heterocycles. The van der Waals surface area contributed by atoms with Gasteiger partial charge in [-0.25, -0.2) is 4.98 Å². The summed E-state index contributed by atoms with van der Waals surface area (Å²) in [6.45, 7) is 2.56. The number of nitrogens with zero attached hydrogens (tertiary/aromatic N) is 3. The largest absolute Gasteiger partial charge is 0.441 e. The van der Waals surface area contributed by atoms with Crippen LogP contribution in [0.5, 0.6) is 0 Å². The van der Waals surface area contributed by atoms with Crippen LogP contribution in [0.2, 0.25) is 0 Å². The molecule has 158 valence electrons. The van der Waals surface area contributed by atoms with Crippen LogP contribution in [-0.4, -0.2) is 39.9 Å². The predicted molar refractivity (Wildman–Crippen MR) is 115 cm³/mol. The van der Waals surface area contributed by atoms with Gasteiger partial charge >= 0.3 is 0 Å². The number of carbonyl (C=O) groups is 2. The van der Waals surface area contributed by atoms with Gasteiger partial charge in [0.1, 0.15) is 11.5 Å². The summed E-state index contributed by atoms with van der Waals surface area (Å²) in [6.07, 6.45) is 3.13. The lowest BCUT2D eigenvalue weighted by Gasteiger charge is -2.36. The fourth-order valence-electron chi connectivity index (χ4n) is 4.10. The summed E-state index contributed by atoms with van der Waals surface area (Å²) in [7, 11) is 3.50. The van der Waals surface area contributed by atoms with E-state index < -0.39 is 0 Å². The maximum absolute atomic E-state index is 13.3. The summed E-state index contributed by atoms with van der Waals surface area (Å²) in [6, 6.07) is 5.69. The zero-order valence-electron chi connectivity index (χ0n) is 17.5. The smallest absolute Gasteiger partial charge is 0.267 e. The highest BCUT2D eigenvalue weighted by molar-refractivity contribution is 7.08. The molecule has 7 nitrogen and oxygen atoms in total. The van der Waals surface area contributed by atoms with Gasteiger partial charge in [-0.1, -0.05) is 0 Å². The standard InChI is InChI=1S/C22H26N4O3S/c1-14-16(24-22(29-14)15-9-11-30-13-15)12-20(27)26-10-5-4-6-18(26)17-7-8-19(25(17)3)21(28)23-2/h7-9,11,13,18H,4-6,10,12H2,1-3H3,(H,23,28). The van der Waals surface area contributed by atoms with Crippen LogP contribution in [0.1, 0.15) is 52.9 Å². The molecule has 1 aliphatic heterocycles. The highest BCUT2D eigenvalue weighted by Crippen LogP contribution is 2.33. The molecule has 0 bridgehead atoms. The van der Waals surface area contributed by atoms with Crippen LogP contribution in [-0.2, 0) is 18.3 Å². The fourth-order valence-corrected chi connectivity index (χ4v) is 4.73. The van der Waals surface area contributed by atoms with Gasteiger partial charge in [-0.05, 0) is 49.8 Å². The van der Waals surface area contributed by atoms with Gasteiger partial charge in [-0.15, -0.1) is 0 Å². The lowest BCUT2D eigenvalue weighted by Crippen LogP contribution is -2.40. The molecule has 4 rings (SSSR count). The Kier molecular flexibility index (Phi) is 5.76. The van der Waals surface area contributed by atoms with Gasteiger partial charge in [0.25, 0.3) is 5.91 Å². The molecule has 1 atom stereocenters. The van der Waals surface area contributed by atoms with Crippen molar-refractivity contribution in [3.63, 3.8) is 0 Å². The first-order chi connectivity index (χ1) is 14.5. The summed E-state index contributed by atoms with van der Waals surface area (Å²) in [5.41, 5.74) is 3.20. The monoisotopic (exact) mass is 426 g/mol. The molecule has 4 heterocycles. The van der Waals surface area contributed by atoms with Crippen LogP contribution in [0.25, 0.3) is 11.5 Å². The second kappa shape index (κ2) is 8.47. The Hall–Kier alpha value is -2.87. The number of amides is 2. The SMILES string of the molecule is CNC(=O)c1ccc(C2CCCCN2C(=O)Cc2nc(-c3ccsc3)oc2C)n1C. The van der Waals surface area contributed by atoms with Gasteiger partial charge in [0.2, 0.25) is 11.8 Å². The fraction of sp³-hybridized carbons (Fsp3) is 0.409. The van der Waals surface area contributed by atoms with E-state index in [-0.39, 0.29) is 24.3 Å². The van der Waals surface area contributed by atoms with E-state index in [1.54, 1.807) is 18.4 Å². The van der Waals surface area contributed by atoms with E-state index in [1.165, 1.54) is 0 Å². The predicted octanol–water partition coefficient (Wildman–Crippen LogP) is 3.71. The summed E-state index contributed by atoms with van der Waals surface area (Å²) in [5.74, 6) is 1.15. The number of likely N-dealkylation sites (tertiary alicyclic amines) is 1. The average Bonchev–Trinajstić information content (AvgIpc) is 3.48. The molecule has 0 aliphatic carbocycles. The maximum atomic E-state index is 13.3. The van der Waals surface area contributed by atoms with Crippen molar-refractivity contribution < 1.29 is 14.0 Å². The number of hydrogen-bond donors (Lipinski definition) is 1. The molecule has 2 amide bonds. The first-order valence-electron chi connectivity index (χ1n) is 10.2. The molecular weight excluding hydrogens is 400 g/mol. The Bertz CT molecular complexity index is 1050. The number of oxazole rings is 1. The number of rotatable bonds is 5. The molecule has 1 unspecified atom stereocenters. The van der Waals surface area contributed by atoms with Crippen LogP contribution >= 0.6 is 11.3 Å². The minimum absolute atomic E-state index is 0.0376. The van der Waals surface area contributed by atoms with Crippen molar-refractivity contribution in [1.29, 1.82) is 0 Å². The minimum Gasteiger partial charge on any atom is -0.441 e. The molecule has 0 spiro atoms. The van der Waals surface area contributed by atoms with Crippen LogP contribution in [0, 0.1) is 6.92 Å². The van der Waals surface area contributed by atoms with E-state index in [0.29, 0.717) is 29.6 Å². The second-order valence-electron chi connectivity index (χ2n) is 7.59. The quantitative estimate of drug-likeness (QED) is 0.675. The number of aryl methyl sites for hydroxylation is 1. The van der Waals surface area contributed by atoms with Crippen LogP contribution < -0.4 is 5.32 Å². The Balaban J connectivity index is 1.56. The van der Waals surface area contributed by atoms with Gasteiger partial charge in [-0.3, -0.25) is 9.59 Å². The third kappa shape index (κ3) is 3.79. The van der Waals surface area contributed by atoms with E-state index in [9.17, 15) is 9.59 Å². The maximum Gasteiger partial charge on any atom is 0.267 e. The van der Waals surface area contributed by atoms with E-state index in [4.69, 9.17) is 4.42 Å². The first-order valence-corrected chi connectivity index (χ1v) is 11.1. The van der Waals surface area contributed by atoms with Gasteiger partial charge in [0.15, 0.2) is 0 Å². The molecular formula is C22H26N4O3S. The normalized spacial score (nSPS) is 16.6. The van der Waals surface area contributed by atoms with Crippen LogP contribution in [0.4, 0.5) is 0 Å². The molecule has 30 heavy (non-hydrogen) atoms. The van der Waals surface area contributed by atoms with E-state index in [2.05, 4.69) is 10.3 Å². The number of aromatic nitrogens is 2. The molecule has 1 fully saturated rings. The van der Waals surface area contributed by atoms with Crippen molar-refractivity contribution in [3.05, 3.63) is 51.8 Å².